The summed E-state index contributed by atoms with van der Waals surface area (Å²) in [6.45, 7) is 2.47. The van der Waals surface area contributed by atoms with Crippen LogP contribution in [0, 0.1) is 0 Å². The van der Waals surface area contributed by atoms with Crippen LogP contribution < -0.4 is 4.74 Å². The first-order chi connectivity index (χ1) is 12.1. The molecule has 2 aliphatic heterocycles. The number of fused-ring (bicyclic) bond motifs is 2. The summed E-state index contributed by atoms with van der Waals surface area (Å²) in [6, 6.07) is 5.95. The van der Waals surface area contributed by atoms with E-state index in [4.69, 9.17) is 4.74 Å². The Morgan fingerprint density at radius 1 is 1.23 bits per heavy atom. The van der Waals surface area contributed by atoms with Gasteiger partial charge in [-0.15, -0.1) is 0 Å². The third-order valence-electron chi connectivity index (χ3n) is 4.98. The SMILES string of the molecule is CC(C)(C)OC(=O)N1C2CCC1CC(O)(c1ccccc1OC(F)F)C2. The number of hydrogen-bond acceptors (Lipinski definition) is 4. The van der Waals surface area contributed by atoms with E-state index in [9.17, 15) is 18.7 Å². The maximum Gasteiger partial charge on any atom is 0.410 e. The van der Waals surface area contributed by atoms with Crippen molar-refractivity contribution in [1.82, 2.24) is 4.90 Å². The van der Waals surface area contributed by atoms with Crippen molar-refractivity contribution in [2.75, 3.05) is 0 Å². The monoisotopic (exact) mass is 369 g/mol. The van der Waals surface area contributed by atoms with Crippen molar-refractivity contribution in [3.05, 3.63) is 29.8 Å². The Morgan fingerprint density at radius 2 is 1.81 bits per heavy atom. The van der Waals surface area contributed by atoms with Gasteiger partial charge in [0.1, 0.15) is 11.4 Å². The van der Waals surface area contributed by atoms with Crippen molar-refractivity contribution in [3.63, 3.8) is 0 Å². The second-order valence-corrected chi connectivity index (χ2v) is 8.09. The minimum absolute atomic E-state index is 0.0184. The zero-order chi connectivity index (χ0) is 19.1. The minimum atomic E-state index is -2.96. The average molecular weight is 369 g/mol. The summed E-state index contributed by atoms with van der Waals surface area (Å²) < 4.78 is 35.5. The first-order valence-electron chi connectivity index (χ1n) is 8.87. The number of rotatable bonds is 3. The van der Waals surface area contributed by atoms with Gasteiger partial charge in [0.2, 0.25) is 0 Å². The predicted molar refractivity (Wildman–Crippen MR) is 91.1 cm³/mol. The van der Waals surface area contributed by atoms with E-state index >= 15 is 0 Å². The molecule has 144 valence electrons. The van der Waals surface area contributed by atoms with Crippen molar-refractivity contribution in [1.29, 1.82) is 0 Å². The average Bonchev–Trinajstić information content (AvgIpc) is 2.78. The van der Waals surface area contributed by atoms with Gasteiger partial charge >= 0.3 is 12.7 Å². The van der Waals surface area contributed by atoms with Gasteiger partial charge in [0.15, 0.2) is 0 Å². The second-order valence-electron chi connectivity index (χ2n) is 8.09. The Hall–Kier alpha value is -1.89. The number of benzene rings is 1. The Kier molecular flexibility index (Phi) is 4.86. The largest absolute Gasteiger partial charge is 0.444 e. The van der Waals surface area contributed by atoms with E-state index in [1.54, 1.807) is 23.1 Å². The molecule has 2 bridgehead atoms. The van der Waals surface area contributed by atoms with Crippen LogP contribution in [0.5, 0.6) is 5.75 Å². The normalized spacial score (nSPS) is 28.3. The third kappa shape index (κ3) is 3.77. The molecule has 0 aromatic heterocycles. The summed E-state index contributed by atoms with van der Waals surface area (Å²) in [5.41, 5.74) is -1.56. The molecule has 0 aliphatic carbocycles. The lowest BCUT2D eigenvalue weighted by Crippen LogP contribution is -2.53. The maximum absolute atomic E-state index is 12.7. The molecule has 0 spiro atoms. The number of aliphatic hydroxyl groups is 1. The van der Waals surface area contributed by atoms with Gasteiger partial charge < -0.3 is 19.5 Å². The van der Waals surface area contributed by atoms with E-state index in [-0.39, 0.29) is 36.8 Å². The number of alkyl halides is 2. The van der Waals surface area contributed by atoms with Crippen LogP contribution in [0.2, 0.25) is 0 Å². The summed E-state index contributed by atoms with van der Waals surface area (Å²) in [6.07, 6.45) is 1.66. The Balaban J connectivity index is 1.83. The van der Waals surface area contributed by atoms with Crippen molar-refractivity contribution < 1.29 is 28.2 Å². The van der Waals surface area contributed by atoms with E-state index in [1.807, 2.05) is 20.8 Å². The van der Waals surface area contributed by atoms with E-state index < -0.39 is 17.8 Å². The molecule has 2 atom stereocenters. The van der Waals surface area contributed by atoms with Gasteiger partial charge in [0, 0.05) is 30.5 Å². The maximum atomic E-state index is 12.7. The molecule has 2 aliphatic rings. The van der Waals surface area contributed by atoms with Crippen LogP contribution in [0.1, 0.15) is 52.0 Å². The molecular weight excluding hydrogens is 344 g/mol. The van der Waals surface area contributed by atoms with Gasteiger partial charge in [-0.3, -0.25) is 0 Å². The van der Waals surface area contributed by atoms with Crippen LogP contribution in [-0.2, 0) is 10.3 Å². The quantitative estimate of drug-likeness (QED) is 0.874. The third-order valence-corrected chi connectivity index (χ3v) is 4.98. The molecule has 2 unspecified atom stereocenters. The van der Waals surface area contributed by atoms with Gasteiger partial charge in [-0.25, -0.2) is 4.79 Å². The van der Waals surface area contributed by atoms with Crippen LogP contribution in [-0.4, -0.2) is 40.4 Å². The van der Waals surface area contributed by atoms with Crippen LogP contribution in [0.15, 0.2) is 24.3 Å². The van der Waals surface area contributed by atoms with Crippen molar-refractivity contribution in [3.8, 4) is 5.75 Å². The van der Waals surface area contributed by atoms with E-state index in [2.05, 4.69) is 4.74 Å². The fraction of sp³-hybridized carbons (Fsp3) is 0.632. The molecular formula is C19H25F2NO4. The van der Waals surface area contributed by atoms with Crippen molar-refractivity contribution >= 4 is 6.09 Å². The first-order valence-corrected chi connectivity index (χ1v) is 8.87. The van der Waals surface area contributed by atoms with Crippen molar-refractivity contribution in [2.45, 2.75) is 76.4 Å². The summed E-state index contributed by atoms with van der Waals surface area (Å²) in [4.78, 5) is 14.2. The van der Waals surface area contributed by atoms with Gasteiger partial charge in [-0.1, -0.05) is 18.2 Å². The molecule has 1 aromatic rings. The lowest BCUT2D eigenvalue weighted by atomic mass is 9.80. The highest BCUT2D eigenvalue weighted by Gasteiger charge is 2.51. The molecule has 1 amide bonds. The smallest absolute Gasteiger partial charge is 0.410 e. The van der Waals surface area contributed by atoms with Gasteiger partial charge in [-0.05, 0) is 39.7 Å². The summed E-state index contributed by atoms with van der Waals surface area (Å²) in [7, 11) is 0. The minimum Gasteiger partial charge on any atom is -0.444 e. The number of para-hydroxylation sites is 1. The van der Waals surface area contributed by atoms with Crippen LogP contribution in [0.3, 0.4) is 0 Å². The van der Waals surface area contributed by atoms with E-state index in [0.717, 1.165) is 12.8 Å². The topological polar surface area (TPSA) is 59.0 Å². The zero-order valence-electron chi connectivity index (χ0n) is 15.2. The Morgan fingerprint density at radius 3 is 2.35 bits per heavy atom. The number of ether oxygens (including phenoxy) is 2. The highest BCUT2D eigenvalue weighted by molar-refractivity contribution is 5.70. The van der Waals surface area contributed by atoms with Crippen LogP contribution in [0.4, 0.5) is 13.6 Å². The molecule has 5 nitrogen and oxygen atoms in total. The molecule has 0 radical (unpaired) electrons. The number of carbonyl (C=O) groups excluding carboxylic acids is 1. The van der Waals surface area contributed by atoms with E-state index in [1.165, 1.54) is 6.07 Å². The zero-order valence-corrected chi connectivity index (χ0v) is 15.2. The number of carbonyl (C=O) groups is 1. The lowest BCUT2D eigenvalue weighted by molar-refractivity contribution is -0.0731. The van der Waals surface area contributed by atoms with Crippen LogP contribution in [0.25, 0.3) is 0 Å². The lowest BCUT2D eigenvalue weighted by Gasteiger charge is -2.44. The standard InChI is InChI=1S/C19H25F2NO4/c1-18(2,3)26-17(23)22-12-8-9-13(22)11-19(24,10-12)14-6-4-5-7-15(14)25-16(20)21/h4-7,12-13,16,24H,8-11H2,1-3H3. The van der Waals surface area contributed by atoms with Gasteiger partial charge in [-0.2, -0.15) is 8.78 Å². The highest BCUT2D eigenvalue weighted by Crippen LogP contribution is 2.48. The fourth-order valence-electron chi connectivity index (χ4n) is 4.11. The van der Waals surface area contributed by atoms with Gasteiger partial charge in [0.05, 0.1) is 5.60 Å². The molecule has 2 fully saturated rings. The predicted octanol–water partition coefficient (Wildman–Crippen LogP) is 4.04. The Labute approximate surface area is 151 Å². The molecule has 7 heteroatoms. The molecule has 1 N–H and O–H groups in total. The fourth-order valence-corrected chi connectivity index (χ4v) is 4.11. The number of piperidine rings is 1. The Bertz CT molecular complexity index is 660. The second kappa shape index (κ2) is 6.68. The summed E-state index contributed by atoms with van der Waals surface area (Å²) >= 11 is 0. The number of nitrogens with zero attached hydrogens (tertiary/aromatic N) is 1. The first kappa shape index (κ1) is 18.9. The number of amides is 1. The molecule has 0 saturated carbocycles. The highest BCUT2D eigenvalue weighted by atomic mass is 19.3. The number of hydrogen-bond donors (Lipinski definition) is 1. The summed E-state index contributed by atoms with van der Waals surface area (Å²) in [5.74, 6) is -0.0184. The molecule has 1 aromatic carbocycles. The number of halogens is 2. The van der Waals surface area contributed by atoms with Gasteiger partial charge in [0.25, 0.3) is 0 Å². The van der Waals surface area contributed by atoms with E-state index in [0.29, 0.717) is 5.56 Å². The summed E-state index contributed by atoms with van der Waals surface area (Å²) in [5, 5.41) is 11.2. The van der Waals surface area contributed by atoms with Crippen molar-refractivity contribution in [2.24, 2.45) is 0 Å². The molecule has 2 saturated heterocycles. The molecule has 3 rings (SSSR count). The molecule has 26 heavy (non-hydrogen) atoms. The van der Waals surface area contributed by atoms with Crippen LogP contribution >= 0.6 is 0 Å². The molecule has 2 heterocycles.